The van der Waals surface area contributed by atoms with E-state index in [1.807, 2.05) is 6.07 Å². The standard InChI is InChI=1S/C10H5N3/c11-6-8-3-4-13-9(5-8)1-2-10(13)7-12/h1-5H. The Balaban J connectivity index is 2.79. The molecule has 0 aliphatic rings. The molecule has 60 valence electrons. The summed E-state index contributed by atoms with van der Waals surface area (Å²) in [5.74, 6) is 0. The van der Waals surface area contributed by atoms with E-state index in [1.165, 1.54) is 0 Å². The summed E-state index contributed by atoms with van der Waals surface area (Å²) in [4.78, 5) is 0. The largest absolute Gasteiger partial charge is 0.308 e. The summed E-state index contributed by atoms with van der Waals surface area (Å²) in [6.45, 7) is 0. The molecule has 0 fully saturated rings. The van der Waals surface area contributed by atoms with Crippen molar-refractivity contribution < 1.29 is 0 Å². The second kappa shape index (κ2) is 2.66. The summed E-state index contributed by atoms with van der Waals surface area (Å²) >= 11 is 0. The van der Waals surface area contributed by atoms with Crippen LogP contribution in [0.1, 0.15) is 11.3 Å². The molecule has 0 saturated heterocycles. The number of pyridine rings is 1. The highest BCUT2D eigenvalue weighted by Crippen LogP contribution is 2.10. The second-order valence-corrected chi connectivity index (χ2v) is 2.65. The summed E-state index contributed by atoms with van der Waals surface area (Å²) in [6, 6.07) is 11.1. The summed E-state index contributed by atoms with van der Waals surface area (Å²) in [5, 5.41) is 17.4. The molecular weight excluding hydrogens is 162 g/mol. The Morgan fingerprint density at radius 2 is 1.92 bits per heavy atom. The van der Waals surface area contributed by atoms with Crippen LogP contribution < -0.4 is 0 Å². The fourth-order valence-corrected chi connectivity index (χ4v) is 1.27. The lowest BCUT2D eigenvalue weighted by Gasteiger charge is -1.95. The molecule has 0 unspecified atom stereocenters. The lowest BCUT2D eigenvalue weighted by molar-refractivity contribution is 1.16. The summed E-state index contributed by atoms with van der Waals surface area (Å²) < 4.78 is 1.75. The molecule has 2 heterocycles. The van der Waals surface area contributed by atoms with E-state index in [2.05, 4.69) is 12.1 Å². The Morgan fingerprint density at radius 3 is 2.62 bits per heavy atom. The Hall–Kier alpha value is -2.26. The molecule has 0 N–H and O–H groups in total. The van der Waals surface area contributed by atoms with E-state index < -0.39 is 0 Å². The number of nitrogens with zero attached hydrogens (tertiary/aromatic N) is 3. The SMILES string of the molecule is N#Cc1ccn2c(C#N)ccc2c1. The van der Waals surface area contributed by atoms with E-state index in [0.717, 1.165) is 5.52 Å². The van der Waals surface area contributed by atoms with Crippen LogP contribution in [0.4, 0.5) is 0 Å². The van der Waals surface area contributed by atoms with Crippen molar-refractivity contribution in [3.05, 3.63) is 41.7 Å². The number of hydrogen-bond donors (Lipinski definition) is 0. The number of nitriles is 2. The molecule has 0 atom stereocenters. The van der Waals surface area contributed by atoms with Crippen LogP contribution in [0.3, 0.4) is 0 Å². The zero-order chi connectivity index (χ0) is 9.26. The Morgan fingerprint density at radius 1 is 1.08 bits per heavy atom. The van der Waals surface area contributed by atoms with Gasteiger partial charge in [0.05, 0.1) is 11.6 Å². The van der Waals surface area contributed by atoms with Gasteiger partial charge in [-0.1, -0.05) is 0 Å². The first-order valence-corrected chi connectivity index (χ1v) is 3.76. The van der Waals surface area contributed by atoms with Gasteiger partial charge in [-0.05, 0) is 24.3 Å². The maximum absolute atomic E-state index is 8.72. The molecule has 0 aliphatic carbocycles. The average Bonchev–Trinajstić information content (AvgIpc) is 2.59. The third kappa shape index (κ3) is 1.04. The van der Waals surface area contributed by atoms with Crippen molar-refractivity contribution in [3.8, 4) is 12.1 Å². The van der Waals surface area contributed by atoms with Gasteiger partial charge in [0.25, 0.3) is 0 Å². The zero-order valence-electron chi connectivity index (χ0n) is 6.73. The predicted molar refractivity (Wildman–Crippen MR) is 46.8 cm³/mol. The molecule has 0 spiro atoms. The highest BCUT2D eigenvalue weighted by Gasteiger charge is 2.00. The molecule has 0 amide bonds. The molecule has 13 heavy (non-hydrogen) atoms. The van der Waals surface area contributed by atoms with Crippen LogP contribution in [0.5, 0.6) is 0 Å². The molecule has 3 heteroatoms. The molecule has 2 aromatic heterocycles. The Labute approximate surface area is 75.1 Å². The van der Waals surface area contributed by atoms with Gasteiger partial charge in [-0.2, -0.15) is 10.5 Å². The fraction of sp³-hybridized carbons (Fsp3) is 0. The molecule has 0 radical (unpaired) electrons. The van der Waals surface area contributed by atoms with Gasteiger partial charge in [0.15, 0.2) is 0 Å². The van der Waals surface area contributed by atoms with Crippen LogP contribution >= 0.6 is 0 Å². The second-order valence-electron chi connectivity index (χ2n) is 2.65. The minimum absolute atomic E-state index is 0.583. The van der Waals surface area contributed by atoms with Crippen molar-refractivity contribution in [1.82, 2.24) is 4.40 Å². The smallest absolute Gasteiger partial charge is 0.124 e. The molecule has 0 saturated carbocycles. The third-order valence-corrected chi connectivity index (χ3v) is 1.90. The maximum atomic E-state index is 8.72. The van der Waals surface area contributed by atoms with Gasteiger partial charge in [0.1, 0.15) is 11.8 Å². The van der Waals surface area contributed by atoms with Gasteiger partial charge in [0, 0.05) is 11.7 Å². The van der Waals surface area contributed by atoms with Crippen LogP contribution in [0.25, 0.3) is 5.52 Å². The molecule has 0 aliphatic heterocycles. The molecule has 2 rings (SSSR count). The first kappa shape index (κ1) is 7.39. The van der Waals surface area contributed by atoms with E-state index in [9.17, 15) is 0 Å². The van der Waals surface area contributed by atoms with E-state index in [4.69, 9.17) is 10.5 Å². The number of rotatable bonds is 0. The lowest BCUT2D eigenvalue weighted by Crippen LogP contribution is -1.87. The summed E-state index contributed by atoms with van der Waals surface area (Å²) in [6.07, 6.45) is 1.73. The topological polar surface area (TPSA) is 52.0 Å². The Bertz CT molecular complexity index is 537. The highest BCUT2D eigenvalue weighted by molar-refractivity contribution is 5.55. The van der Waals surface area contributed by atoms with Gasteiger partial charge >= 0.3 is 0 Å². The summed E-state index contributed by atoms with van der Waals surface area (Å²) in [5.41, 5.74) is 2.06. The lowest BCUT2D eigenvalue weighted by atomic mass is 10.3. The zero-order valence-corrected chi connectivity index (χ0v) is 6.73. The highest BCUT2D eigenvalue weighted by atomic mass is 14.9. The minimum atomic E-state index is 0.583. The van der Waals surface area contributed by atoms with Gasteiger partial charge in [-0.15, -0.1) is 0 Å². The number of fused-ring (bicyclic) bond motifs is 1. The van der Waals surface area contributed by atoms with Gasteiger partial charge < -0.3 is 4.40 Å². The van der Waals surface area contributed by atoms with Crippen LogP contribution in [0.15, 0.2) is 30.5 Å². The molecular formula is C10H5N3. The number of hydrogen-bond acceptors (Lipinski definition) is 2. The molecule has 3 nitrogen and oxygen atoms in total. The van der Waals surface area contributed by atoms with Gasteiger partial charge in [-0.3, -0.25) is 0 Å². The van der Waals surface area contributed by atoms with Crippen molar-refractivity contribution in [2.75, 3.05) is 0 Å². The van der Waals surface area contributed by atoms with Crippen molar-refractivity contribution in [1.29, 1.82) is 10.5 Å². The first-order valence-electron chi connectivity index (χ1n) is 3.76. The Kier molecular flexibility index (Phi) is 1.51. The monoisotopic (exact) mass is 167 g/mol. The first-order chi connectivity index (χ1) is 6.35. The van der Waals surface area contributed by atoms with Crippen LogP contribution in [0.2, 0.25) is 0 Å². The van der Waals surface area contributed by atoms with E-state index in [0.29, 0.717) is 11.3 Å². The van der Waals surface area contributed by atoms with Crippen LogP contribution in [0, 0.1) is 22.7 Å². The van der Waals surface area contributed by atoms with Crippen LogP contribution in [-0.4, -0.2) is 4.40 Å². The normalized spacial score (nSPS) is 9.38. The molecule has 2 aromatic rings. The van der Waals surface area contributed by atoms with E-state index in [1.54, 1.807) is 28.8 Å². The van der Waals surface area contributed by atoms with Gasteiger partial charge in [-0.25, -0.2) is 0 Å². The van der Waals surface area contributed by atoms with Gasteiger partial charge in [0.2, 0.25) is 0 Å². The quantitative estimate of drug-likeness (QED) is 0.599. The predicted octanol–water partition coefficient (Wildman–Crippen LogP) is 1.68. The van der Waals surface area contributed by atoms with Crippen LogP contribution in [-0.2, 0) is 0 Å². The van der Waals surface area contributed by atoms with E-state index >= 15 is 0 Å². The van der Waals surface area contributed by atoms with Crippen molar-refractivity contribution in [3.63, 3.8) is 0 Å². The van der Waals surface area contributed by atoms with Crippen molar-refractivity contribution in [2.24, 2.45) is 0 Å². The minimum Gasteiger partial charge on any atom is -0.308 e. The molecule has 0 bridgehead atoms. The fourth-order valence-electron chi connectivity index (χ4n) is 1.27. The maximum Gasteiger partial charge on any atom is 0.124 e. The molecule has 0 aromatic carbocycles. The van der Waals surface area contributed by atoms with E-state index in [-0.39, 0.29) is 0 Å². The average molecular weight is 167 g/mol. The van der Waals surface area contributed by atoms with Crippen molar-refractivity contribution in [2.45, 2.75) is 0 Å². The number of aromatic nitrogens is 1. The third-order valence-electron chi connectivity index (χ3n) is 1.90. The summed E-state index contributed by atoms with van der Waals surface area (Å²) in [7, 11) is 0. The van der Waals surface area contributed by atoms with Crippen molar-refractivity contribution >= 4 is 5.52 Å².